The zero-order valence-electron chi connectivity index (χ0n) is 15.1. The van der Waals surface area contributed by atoms with Gasteiger partial charge in [0, 0.05) is 7.05 Å². The Bertz CT molecular complexity index is 802. The molecule has 0 saturated heterocycles. The monoisotopic (exact) mass is 353 g/mol. The lowest BCUT2D eigenvalue weighted by molar-refractivity contribution is -0.134. The summed E-state index contributed by atoms with van der Waals surface area (Å²) in [5.41, 5.74) is 2.93. The number of carbonyl (C=O) groups excluding carboxylic acids is 2. The molecule has 3 rings (SSSR count). The smallest absolute Gasteiger partial charge is 0.337 e. The number of likely N-dealkylation sites (N-methyl/N-ethyl adjacent to an activating group) is 1. The summed E-state index contributed by atoms with van der Waals surface area (Å²) in [7, 11) is 3.15. The summed E-state index contributed by atoms with van der Waals surface area (Å²) in [4.78, 5) is 26.0. The summed E-state index contributed by atoms with van der Waals surface area (Å²) in [6, 6.07) is 15.0. The normalized spacial score (nSPS) is 15.7. The van der Waals surface area contributed by atoms with E-state index in [1.807, 2.05) is 19.2 Å². The number of hydrogen-bond acceptors (Lipinski definition) is 4. The number of fused-ring (bicyclic) bond motifs is 1. The maximum absolute atomic E-state index is 12.6. The van der Waals surface area contributed by atoms with Gasteiger partial charge in [-0.15, -0.1) is 0 Å². The first-order valence-corrected chi connectivity index (χ1v) is 8.75. The predicted molar refractivity (Wildman–Crippen MR) is 98.2 cm³/mol. The Balaban J connectivity index is 1.65. The van der Waals surface area contributed by atoms with Gasteiger partial charge in [-0.05, 0) is 48.6 Å². The largest absolute Gasteiger partial charge is 0.484 e. The van der Waals surface area contributed by atoms with E-state index in [1.165, 1.54) is 18.2 Å². The number of esters is 1. The minimum Gasteiger partial charge on any atom is -0.484 e. The van der Waals surface area contributed by atoms with Crippen molar-refractivity contribution in [2.24, 2.45) is 0 Å². The lowest BCUT2D eigenvalue weighted by Crippen LogP contribution is -2.36. The molecule has 1 aliphatic rings. The van der Waals surface area contributed by atoms with Crippen molar-refractivity contribution in [1.82, 2.24) is 4.90 Å². The Morgan fingerprint density at radius 3 is 2.77 bits per heavy atom. The van der Waals surface area contributed by atoms with Crippen LogP contribution < -0.4 is 4.74 Å². The quantitative estimate of drug-likeness (QED) is 0.773. The minimum absolute atomic E-state index is 0.0696. The van der Waals surface area contributed by atoms with Crippen LogP contribution in [0.5, 0.6) is 5.75 Å². The van der Waals surface area contributed by atoms with Crippen molar-refractivity contribution in [1.29, 1.82) is 0 Å². The third-order valence-corrected chi connectivity index (χ3v) is 4.82. The van der Waals surface area contributed by atoms with Crippen LogP contribution in [0.1, 0.15) is 40.4 Å². The molecule has 5 heteroatoms. The fourth-order valence-electron chi connectivity index (χ4n) is 3.38. The first-order valence-electron chi connectivity index (χ1n) is 8.75. The second kappa shape index (κ2) is 8.04. The second-order valence-electron chi connectivity index (χ2n) is 6.42. The van der Waals surface area contributed by atoms with Crippen LogP contribution in [-0.2, 0) is 16.0 Å². The molecule has 26 heavy (non-hydrogen) atoms. The van der Waals surface area contributed by atoms with E-state index in [0.717, 1.165) is 19.3 Å². The van der Waals surface area contributed by atoms with Crippen molar-refractivity contribution >= 4 is 11.9 Å². The van der Waals surface area contributed by atoms with Gasteiger partial charge in [0.15, 0.2) is 6.61 Å². The molecule has 1 aliphatic carbocycles. The average Bonchev–Trinajstić information content (AvgIpc) is 2.70. The fraction of sp³-hybridized carbons (Fsp3) is 0.333. The molecule has 0 spiro atoms. The van der Waals surface area contributed by atoms with Crippen LogP contribution in [0.2, 0.25) is 0 Å². The van der Waals surface area contributed by atoms with Gasteiger partial charge in [-0.2, -0.15) is 0 Å². The number of ether oxygens (including phenoxy) is 2. The number of rotatable bonds is 5. The van der Waals surface area contributed by atoms with Crippen LogP contribution in [0.3, 0.4) is 0 Å². The maximum atomic E-state index is 12.6. The molecule has 1 amide bonds. The number of benzene rings is 2. The molecule has 1 unspecified atom stereocenters. The number of amides is 1. The molecule has 2 aromatic rings. The van der Waals surface area contributed by atoms with E-state index in [2.05, 4.69) is 12.1 Å². The number of hydrogen-bond donors (Lipinski definition) is 0. The summed E-state index contributed by atoms with van der Waals surface area (Å²) in [6.07, 6.45) is 3.09. The van der Waals surface area contributed by atoms with Crippen molar-refractivity contribution < 1.29 is 19.1 Å². The molecule has 0 saturated carbocycles. The first kappa shape index (κ1) is 18.0. The Labute approximate surface area is 153 Å². The van der Waals surface area contributed by atoms with E-state index in [1.54, 1.807) is 29.2 Å². The molecule has 136 valence electrons. The van der Waals surface area contributed by atoms with E-state index in [4.69, 9.17) is 9.47 Å². The van der Waals surface area contributed by atoms with Crippen LogP contribution in [0, 0.1) is 0 Å². The average molecular weight is 353 g/mol. The summed E-state index contributed by atoms with van der Waals surface area (Å²) < 4.78 is 10.3. The van der Waals surface area contributed by atoms with Gasteiger partial charge in [-0.25, -0.2) is 4.79 Å². The Morgan fingerprint density at radius 1 is 1.15 bits per heavy atom. The number of nitrogens with zero attached hydrogens (tertiary/aromatic N) is 1. The van der Waals surface area contributed by atoms with E-state index in [-0.39, 0.29) is 18.6 Å². The van der Waals surface area contributed by atoms with Crippen molar-refractivity contribution in [3.05, 3.63) is 65.2 Å². The fourth-order valence-corrected chi connectivity index (χ4v) is 3.38. The number of carbonyl (C=O) groups is 2. The highest BCUT2D eigenvalue weighted by atomic mass is 16.5. The van der Waals surface area contributed by atoms with Crippen LogP contribution >= 0.6 is 0 Å². The Kier molecular flexibility index (Phi) is 5.56. The van der Waals surface area contributed by atoms with Gasteiger partial charge in [0.1, 0.15) is 5.75 Å². The minimum atomic E-state index is -0.433. The predicted octanol–water partition coefficient (Wildman–Crippen LogP) is 3.39. The standard InChI is InChI=1S/C21H23NO4/c1-22(19-12-6-8-15-7-3-4-11-18(15)19)20(23)14-26-17-10-5-9-16(13-17)21(24)25-2/h3-5,7,9-11,13,19H,6,8,12,14H2,1-2H3. The van der Waals surface area contributed by atoms with Gasteiger partial charge in [0.05, 0.1) is 18.7 Å². The van der Waals surface area contributed by atoms with Gasteiger partial charge in [-0.1, -0.05) is 30.3 Å². The molecule has 0 aromatic heterocycles. The van der Waals surface area contributed by atoms with Gasteiger partial charge < -0.3 is 14.4 Å². The zero-order valence-corrected chi connectivity index (χ0v) is 15.1. The van der Waals surface area contributed by atoms with Crippen LogP contribution in [0.25, 0.3) is 0 Å². The molecular formula is C21H23NO4. The molecule has 2 aromatic carbocycles. The highest BCUT2D eigenvalue weighted by Gasteiger charge is 2.26. The van der Waals surface area contributed by atoms with Crippen molar-refractivity contribution in [2.45, 2.75) is 25.3 Å². The second-order valence-corrected chi connectivity index (χ2v) is 6.42. The Hall–Kier alpha value is -2.82. The van der Waals surface area contributed by atoms with Gasteiger partial charge in [0.25, 0.3) is 5.91 Å². The van der Waals surface area contributed by atoms with E-state index < -0.39 is 5.97 Å². The highest BCUT2D eigenvalue weighted by molar-refractivity contribution is 5.89. The third-order valence-electron chi connectivity index (χ3n) is 4.82. The van der Waals surface area contributed by atoms with Gasteiger partial charge in [-0.3, -0.25) is 4.79 Å². The molecule has 0 fully saturated rings. The van der Waals surface area contributed by atoms with Crippen LogP contribution in [0.4, 0.5) is 0 Å². The van der Waals surface area contributed by atoms with Gasteiger partial charge in [0.2, 0.25) is 0 Å². The number of aryl methyl sites for hydroxylation is 1. The van der Waals surface area contributed by atoms with E-state index in [0.29, 0.717) is 11.3 Å². The zero-order chi connectivity index (χ0) is 18.5. The van der Waals surface area contributed by atoms with Crippen LogP contribution in [-0.4, -0.2) is 37.5 Å². The Morgan fingerprint density at radius 2 is 1.96 bits per heavy atom. The molecule has 0 heterocycles. The summed E-state index contributed by atoms with van der Waals surface area (Å²) in [5.74, 6) is -0.0495. The molecule has 0 radical (unpaired) electrons. The van der Waals surface area contributed by atoms with Crippen LogP contribution in [0.15, 0.2) is 48.5 Å². The molecule has 0 N–H and O–H groups in total. The summed E-state index contributed by atoms with van der Waals surface area (Å²) >= 11 is 0. The molecule has 5 nitrogen and oxygen atoms in total. The van der Waals surface area contributed by atoms with Crippen molar-refractivity contribution in [2.75, 3.05) is 20.8 Å². The van der Waals surface area contributed by atoms with Crippen molar-refractivity contribution in [3.63, 3.8) is 0 Å². The van der Waals surface area contributed by atoms with Gasteiger partial charge >= 0.3 is 5.97 Å². The topological polar surface area (TPSA) is 55.8 Å². The highest BCUT2D eigenvalue weighted by Crippen LogP contribution is 2.33. The lowest BCUT2D eigenvalue weighted by atomic mass is 9.87. The summed E-state index contributed by atoms with van der Waals surface area (Å²) in [5, 5.41) is 0. The first-order chi connectivity index (χ1) is 12.6. The number of methoxy groups -OCH3 is 1. The third kappa shape index (κ3) is 3.87. The maximum Gasteiger partial charge on any atom is 0.337 e. The van der Waals surface area contributed by atoms with Crippen molar-refractivity contribution in [3.8, 4) is 5.75 Å². The SMILES string of the molecule is COC(=O)c1cccc(OCC(=O)N(C)C2CCCc3ccccc32)c1. The molecule has 0 aliphatic heterocycles. The molecule has 1 atom stereocenters. The lowest BCUT2D eigenvalue weighted by Gasteiger charge is -2.33. The molecule has 0 bridgehead atoms. The molecular weight excluding hydrogens is 330 g/mol. The summed E-state index contributed by atoms with van der Waals surface area (Å²) in [6.45, 7) is -0.0696. The van der Waals surface area contributed by atoms with E-state index >= 15 is 0 Å². The van der Waals surface area contributed by atoms with E-state index in [9.17, 15) is 9.59 Å².